The number of fused-ring (bicyclic) bond motifs is 1. The quantitative estimate of drug-likeness (QED) is 0.427. The minimum absolute atomic E-state index is 0.109. The lowest BCUT2D eigenvalue weighted by molar-refractivity contribution is -0.0288. The molecule has 1 saturated heterocycles. The van der Waals surface area contributed by atoms with Gasteiger partial charge in [-0.05, 0) is 0 Å². The van der Waals surface area contributed by atoms with Gasteiger partial charge in [0.1, 0.15) is 23.5 Å². The summed E-state index contributed by atoms with van der Waals surface area (Å²) >= 11 is 4.09. The zero-order valence-corrected chi connectivity index (χ0v) is 12.5. The van der Waals surface area contributed by atoms with Gasteiger partial charge in [0, 0.05) is 12.2 Å². The maximum absolute atomic E-state index is 10.2. The van der Waals surface area contributed by atoms with Crippen molar-refractivity contribution in [3.63, 3.8) is 0 Å². The second-order valence-corrected chi connectivity index (χ2v) is 5.42. The Hall–Kier alpha value is -1.46. The molecule has 1 aliphatic rings. The Morgan fingerprint density at radius 3 is 2.73 bits per heavy atom. The first-order valence-electron chi connectivity index (χ1n) is 6.79. The number of anilines is 1. The third-order valence-corrected chi connectivity index (χ3v) is 3.98. The van der Waals surface area contributed by atoms with Gasteiger partial charge < -0.3 is 25.8 Å². The molecule has 0 spiro atoms. The first kappa shape index (κ1) is 15.4. The summed E-state index contributed by atoms with van der Waals surface area (Å²) in [4.78, 5) is 12.5. The van der Waals surface area contributed by atoms with Crippen molar-refractivity contribution in [2.24, 2.45) is 0 Å². The van der Waals surface area contributed by atoms with Gasteiger partial charge in [-0.15, -0.1) is 0 Å². The minimum atomic E-state index is -1.13. The van der Waals surface area contributed by atoms with E-state index in [4.69, 9.17) is 15.6 Å². The van der Waals surface area contributed by atoms with Gasteiger partial charge in [-0.2, -0.15) is 12.6 Å². The number of rotatable bonds is 4. The van der Waals surface area contributed by atoms with E-state index < -0.39 is 24.5 Å². The van der Waals surface area contributed by atoms with Crippen LogP contribution in [0.25, 0.3) is 11.2 Å². The highest BCUT2D eigenvalue weighted by Crippen LogP contribution is 2.32. The standard InChI is InChI=1S/C12H17N5O4S/c13-10-7-11(16-6(15-10)1-2-18)17(4-14-7)12-9(20)8(19)5(3-22)21-12/h4-5,8-9,12,18-20,22H,1-3H2,(H2,13,15,16)/t5-,8-,9-,12-/m1/s1. The summed E-state index contributed by atoms with van der Waals surface area (Å²) in [6.45, 7) is -0.109. The van der Waals surface area contributed by atoms with E-state index >= 15 is 0 Å². The van der Waals surface area contributed by atoms with Crippen molar-refractivity contribution in [3.8, 4) is 0 Å². The molecule has 9 nitrogen and oxygen atoms in total. The van der Waals surface area contributed by atoms with Crippen molar-refractivity contribution in [1.29, 1.82) is 0 Å². The molecule has 3 heterocycles. The Labute approximate surface area is 131 Å². The van der Waals surface area contributed by atoms with Crippen LogP contribution in [-0.2, 0) is 11.2 Å². The highest BCUT2D eigenvalue weighted by molar-refractivity contribution is 7.80. The maximum Gasteiger partial charge on any atom is 0.167 e. The molecule has 0 aliphatic carbocycles. The van der Waals surface area contributed by atoms with Crippen LogP contribution in [-0.4, -0.2) is 65.5 Å². The molecule has 4 atom stereocenters. The molecule has 0 amide bonds. The Morgan fingerprint density at radius 1 is 1.32 bits per heavy atom. The van der Waals surface area contributed by atoms with Crippen molar-refractivity contribution >= 4 is 29.6 Å². The number of imidazole rings is 1. The molecule has 22 heavy (non-hydrogen) atoms. The van der Waals surface area contributed by atoms with Crippen LogP contribution in [0.3, 0.4) is 0 Å². The van der Waals surface area contributed by atoms with Crippen LogP contribution in [0.15, 0.2) is 6.33 Å². The van der Waals surface area contributed by atoms with E-state index in [2.05, 4.69) is 27.6 Å². The summed E-state index contributed by atoms with van der Waals surface area (Å²) < 4.78 is 7.13. The average molecular weight is 327 g/mol. The Bertz CT molecular complexity index is 681. The minimum Gasteiger partial charge on any atom is -0.396 e. The third-order valence-electron chi connectivity index (χ3n) is 3.62. The molecule has 1 aliphatic heterocycles. The van der Waals surface area contributed by atoms with Gasteiger partial charge in [0.15, 0.2) is 17.7 Å². The fraction of sp³-hybridized carbons (Fsp3) is 0.583. The summed E-state index contributed by atoms with van der Waals surface area (Å²) in [5, 5.41) is 29.1. The number of thiol groups is 1. The molecular formula is C12H17N5O4S. The summed E-state index contributed by atoms with van der Waals surface area (Å²) in [5.41, 5.74) is 6.60. The van der Waals surface area contributed by atoms with Crippen LogP contribution in [0, 0.1) is 0 Å². The van der Waals surface area contributed by atoms with Crippen molar-refractivity contribution in [1.82, 2.24) is 19.5 Å². The molecule has 120 valence electrons. The van der Waals surface area contributed by atoms with Gasteiger partial charge in [-0.25, -0.2) is 15.0 Å². The molecule has 0 aromatic carbocycles. The predicted octanol–water partition coefficient (Wildman–Crippen LogP) is -1.51. The molecule has 2 aromatic rings. The molecule has 0 unspecified atom stereocenters. The average Bonchev–Trinajstić information content (AvgIpc) is 3.03. The van der Waals surface area contributed by atoms with E-state index in [1.165, 1.54) is 10.9 Å². The van der Waals surface area contributed by atoms with E-state index in [1.54, 1.807) is 0 Å². The predicted molar refractivity (Wildman–Crippen MR) is 80.3 cm³/mol. The lowest BCUT2D eigenvalue weighted by Crippen LogP contribution is -2.32. The summed E-state index contributed by atoms with van der Waals surface area (Å²) in [6, 6.07) is 0. The number of nitrogen functional groups attached to an aromatic ring is 1. The number of aliphatic hydroxyl groups excluding tert-OH is 3. The van der Waals surface area contributed by atoms with Gasteiger partial charge in [-0.3, -0.25) is 4.57 Å². The van der Waals surface area contributed by atoms with E-state index in [0.717, 1.165) is 0 Å². The third kappa shape index (κ3) is 2.42. The fourth-order valence-corrected chi connectivity index (χ4v) is 2.80. The van der Waals surface area contributed by atoms with Crippen LogP contribution in [0.1, 0.15) is 12.1 Å². The van der Waals surface area contributed by atoms with Gasteiger partial charge in [0.05, 0.1) is 19.0 Å². The number of nitrogens with zero attached hydrogens (tertiary/aromatic N) is 4. The normalized spacial score (nSPS) is 28.5. The lowest BCUT2D eigenvalue weighted by atomic mass is 10.1. The van der Waals surface area contributed by atoms with Crippen LogP contribution >= 0.6 is 12.6 Å². The first-order valence-corrected chi connectivity index (χ1v) is 7.42. The highest BCUT2D eigenvalue weighted by Gasteiger charge is 2.43. The van der Waals surface area contributed by atoms with Crippen molar-refractivity contribution in [2.75, 3.05) is 18.1 Å². The SMILES string of the molecule is Nc1nc(CCO)nc2c1ncn2[C@@H]1O[C@H](CS)[C@@H](O)[C@H]1O. The summed E-state index contributed by atoms with van der Waals surface area (Å²) in [5.74, 6) is 0.827. The molecule has 3 rings (SSSR count). The molecule has 0 saturated carbocycles. The van der Waals surface area contributed by atoms with Crippen LogP contribution in [0.2, 0.25) is 0 Å². The van der Waals surface area contributed by atoms with Gasteiger partial charge in [-0.1, -0.05) is 0 Å². The number of aromatic nitrogens is 4. The lowest BCUT2D eigenvalue weighted by Gasteiger charge is -2.16. The molecule has 10 heteroatoms. The van der Waals surface area contributed by atoms with Gasteiger partial charge in [0.2, 0.25) is 0 Å². The summed E-state index contributed by atoms with van der Waals surface area (Å²) in [6.07, 6.45) is -1.92. The van der Waals surface area contributed by atoms with Crippen molar-refractivity contribution < 1.29 is 20.1 Å². The Kier molecular flexibility index (Phi) is 4.19. The molecule has 1 fully saturated rings. The van der Waals surface area contributed by atoms with Gasteiger partial charge in [0.25, 0.3) is 0 Å². The molecule has 0 bridgehead atoms. The van der Waals surface area contributed by atoms with E-state index in [-0.39, 0.29) is 24.6 Å². The summed E-state index contributed by atoms with van der Waals surface area (Å²) in [7, 11) is 0. The van der Waals surface area contributed by atoms with Crippen LogP contribution in [0.4, 0.5) is 5.82 Å². The number of hydrogen-bond donors (Lipinski definition) is 5. The molecule has 0 radical (unpaired) electrons. The molecule has 2 aromatic heterocycles. The van der Waals surface area contributed by atoms with E-state index in [1.807, 2.05) is 0 Å². The topological polar surface area (TPSA) is 140 Å². The number of aliphatic hydroxyl groups is 3. The number of hydrogen-bond acceptors (Lipinski definition) is 9. The first-order chi connectivity index (χ1) is 10.6. The molecular weight excluding hydrogens is 310 g/mol. The van der Waals surface area contributed by atoms with Crippen LogP contribution < -0.4 is 5.73 Å². The zero-order valence-electron chi connectivity index (χ0n) is 11.6. The second kappa shape index (κ2) is 5.97. The number of ether oxygens (including phenoxy) is 1. The van der Waals surface area contributed by atoms with Crippen molar-refractivity contribution in [3.05, 3.63) is 12.2 Å². The second-order valence-electron chi connectivity index (χ2n) is 5.05. The smallest absolute Gasteiger partial charge is 0.167 e. The maximum atomic E-state index is 10.2. The van der Waals surface area contributed by atoms with Crippen LogP contribution in [0.5, 0.6) is 0 Å². The fourth-order valence-electron chi connectivity index (χ4n) is 2.49. The van der Waals surface area contributed by atoms with E-state index in [0.29, 0.717) is 17.0 Å². The van der Waals surface area contributed by atoms with E-state index in [9.17, 15) is 10.2 Å². The van der Waals surface area contributed by atoms with Gasteiger partial charge >= 0.3 is 0 Å². The largest absolute Gasteiger partial charge is 0.396 e. The molecule has 5 N–H and O–H groups in total. The Morgan fingerprint density at radius 2 is 2.09 bits per heavy atom. The Balaban J connectivity index is 2.04. The monoisotopic (exact) mass is 327 g/mol. The van der Waals surface area contributed by atoms with Crippen molar-refractivity contribution in [2.45, 2.75) is 31.0 Å². The number of nitrogens with two attached hydrogens (primary N) is 1. The zero-order chi connectivity index (χ0) is 15.9. The highest BCUT2D eigenvalue weighted by atomic mass is 32.1.